The van der Waals surface area contributed by atoms with E-state index in [1.807, 2.05) is 0 Å². The van der Waals surface area contributed by atoms with Gasteiger partial charge in [-0.25, -0.2) is 8.42 Å². The Morgan fingerprint density at radius 3 is 2.53 bits per heavy atom. The molecule has 2 heterocycles. The van der Waals surface area contributed by atoms with Crippen molar-refractivity contribution in [1.82, 2.24) is 14.8 Å². The van der Waals surface area contributed by atoms with Gasteiger partial charge in [0, 0.05) is 36.4 Å². The monoisotopic (exact) mass is 463 g/mol. The summed E-state index contributed by atoms with van der Waals surface area (Å²) in [7, 11) is -3.86. The number of aromatic nitrogens is 1. The largest absolute Gasteiger partial charge is 0.573 e. The molecule has 0 amide bonds. The molecule has 12 heteroatoms. The van der Waals surface area contributed by atoms with Crippen LogP contribution in [0.3, 0.4) is 0 Å². The number of nitrogens with zero attached hydrogens (tertiary/aromatic N) is 2. The molecule has 0 spiro atoms. The lowest BCUT2D eigenvalue weighted by Crippen LogP contribution is -2.36. The van der Waals surface area contributed by atoms with Crippen molar-refractivity contribution in [3.8, 4) is 5.75 Å². The summed E-state index contributed by atoms with van der Waals surface area (Å²) in [5, 5.41) is 0.541. The summed E-state index contributed by atoms with van der Waals surface area (Å²) >= 11 is 5.87. The third kappa shape index (κ3) is 6.08. The average Bonchev–Trinajstić information content (AvgIpc) is 2.68. The molecule has 1 N–H and O–H groups in total. The van der Waals surface area contributed by atoms with Gasteiger partial charge < -0.3 is 4.74 Å². The average molecular weight is 464 g/mol. The number of alkyl halides is 3. The molecule has 0 aliphatic carbocycles. The zero-order valence-electron chi connectivity index (χ0n) is 15.4. The maximum absolute atomic E-state index is 12.7. The predicted octanol–water partition coefficient (Wildman–Crippen LogP) is 3.63. The minimum atomic E-state index is -4.84. The lowest BCUT2D eigenvalue weighted by molar-refractivity contribution is -0.274. The first-order valence-electron chi connectivity index (χ1n) is 8.67. The number of hydrogen-bond acceptors (Lipinski definition) is 6. The molecular formula is C18H17ClF3N3O4S. The molecule has 1 aliphatic rings. The highest BCUT2D eigenvalue weighted by molar-refractivity contribution is 7.89. The molecule has 0 fully saturated rings. The van der Waals surface area contributed by atoms with Crippen LogP contribution in [-0.4, -0.2) is 37.2 Å². The van der Waals surface area contributed by atoms with Gasteiger partial charge in [-0.05, 0) is 42.5 Å². The molecule has 1 aromatic heterocycles. The van der Waals surface area contributed by atoms with E-state index in [1.54, 1.807) is 24.4 Å². The molecule has 0 bridgehead atoms. The van der Waals surface area contributed by atoms with Crippen molar-refractivity contribution in [3.63, 3.8) is 0 Å². The van der Waals surface area contributed by atoms with E-state index >= 15 is 0 Å². The Balaban J connectivity index is 1.55. The smallest absolute Gasteiger partial charge is 0.406 e. The zero-order chi connectivity index (χ0) is 21.8. The van der Waals surface area contributed by atoms with Gasteiger partial charge in [0.25, 0.3) is 0 Å². The van der Waals surface area contributed by atoms with Crippen LogP contribution in [0.25, 0.3) is 0 Å². The molecule has 2 aromatic rings. The van der Waals surface area contributed by atoms with Gasteiger partial charge in [0.2, 0.25) is 10.0 Å². The standard InChI is InChI=1S/C18H17ClF3N3O4S/c19-13-5-8-23-15(11-13)12-28-24-14-6-9-25(10-7-14)30(26,27)17-3-1-16(2-4-17)29-18(20,21)22/h1-6,8,11,24H,7,9-10,12H2. The van der Waals surface area contributed by atoms with E-state index in [2.05, 4.69) is 15.2 Å². The molecule has 0 saturated carbocycles. The summed E-state index contributed by atoms with van der Waals surface area (Å²) in [5.41, 5.74) is 4.10. The van der Waals surface area contributed by atoms with Gasteiger partial charge in [-0.2, -0.15) is 4.31 Å². The maximum atomic E-state index is 12.7. The SMILES string of the molecule is O=S(=O)(c1ccc(OC(F)(F)F)cc1)N1CC=C(NOCc2cc(Cl)ccn2)CC1. The van der Waals surface area contributed by atoms with Crippen LogP contribution in [0.15, 0.2) is 59.3 Å². The fourth-order valence-corrected chi connectivity index (χ4v) is 4.22. The normalized spacial score (nSPS) is 15.5. The lowest BCUT2D eigenvalue weighted by Gasteiger charge is -2.26. The summed E-state index contributed by atoms with van der Waals surface area (Å²) in [6.45, 7) is 0.442. The van der Waals surface area contributed by atoms with Crippen LogP contribution >= 0.6 is 11.6 Å². The van der Waals surface area contributed by atoms with Crippen molar-refractivity contribution in [2.75, 3.05) is 13.1 Å². The highest BCUT2D eigenvalue weighted by Crippen LogP contribution is 2.26. The first-order chi connectivity index (χ1) is 14.1. The third-order valence-corrected chi connectivity index (χ3v) is 6.18. The van der Waals surface area contributed by atoms with Crippen LogP contribution in [-0.2, 0) is 21.5 Å². The van der Waals surface area contributed by atoms with E-state index in [1.165, 1.54) is 4.31 Å². The van der Waals surface area contributed by atoms with Gasteiger partial charge in [-0.3, -0.25) is 15.3 Å². The van der Waals surface area contributed by atoms with Gasteiger partial charge in [0.15, 0.2) is 0 Å². The van der Waals surface area contributed by atoms with Crippen molar-refractivity contribution >= 4 is 21.6 Å². The fraction of sp³-hybridized carbons (Fsp3) is 0.278. The first kappa shape index (κ1) is 22.3. The quantitative estimate of drug-likeness (QED) is 0.631. The second-order valence-electron chi connectivity index (χ2n) is 6.22. The van der Waals surface area contributed by atoms with Crippen molar-refractivity contribution in [2.45, 2.75) is 24.3 Å². The Kier molecular flexibility index (Phi) is 6.86. The molecular weight excluding hydrogens is 447 g/mol. The van der Waals surface area contributed by atoms with E-state index in [4.69, 9.17) is 16.4 Å². The molecule has 30 heavy (non-hydrogen) atoms. The summed E-state index contributed by atoms with van der Waals surface area (Å²) in [6, 6.07) is 7.39. The number of halogens is 4. The summed E-state index contributed by atoms with van der Waals surface area (Å²) in [5.74, 6) is -0.488. The number of hydrogen-bond donors (Lipinski definition) is 1. The van der Waals surface area contributed by atoms with Crippen LogP contribution in [0.1, 0.15) is 12.1 Å². The lowest BCUT2D eigenvalue weighted by atomic mass is 10.2. The van der Waals surface area contributed by atoms with Gasteiger partial charge in [-0.15, -0.1) is 13.2 Å². The summed E-state index contributed by atoms with van der Waals surface area (Å²) in [6.07, 6.45) is -1.25. The molecule has 0 unspecified atom stereocenters. The van der Waals surface area contributed by atoms with Gasteiger partial charge in [0.1, 0.15) is 12.4 Å². The molecule has 1 aromatic carbocycles. The number of nitrogens with one attached hydrogen (secondary N) is 1. The Bertz CT molecular complexity index is 1010. The third-order valence-electron chi connectivity index (χ3n) is 4.07. The molecule has 3 rings (SSSR count). The first-order valence-corrected chi connectivity index (χ1v) is 10.5. The van der Waals surface area contributed by atoms with E-state index in [0.717, 1.165) is 24.3 Å². The fourth-order valence-electron chi connectivity index (χ4n) is 2.65. The molecule has 0 saturated heterocycles. The molecule has 162 valence electrons. The molecule has 7 nitrogen and oxygen atoms in total. The maximum Gasteiger partial charge on any atom is 0.573 e. The number of pyridine rings is 1. The minimum absolute atomic E-state index is 0.0875. The highest BCUT2D eigenvalue weighted by Gasteiger charge is 2.31. The van der Waals surface area contributed by atoms with Crippen LogP contribution in [0.2, 0.25) is 5.02 Å². The minimum Gasteiger partial charge on any atom is -0.406 e. The van der Waals surface area contributed by atoms with Crippen LogP contribution < -0.4 is 10.2 Å². The summed E-state index contributed by atoms with van der Waals surface area (Å²) in [4.78, 5) is 9.34. The second-order valence-corrected chi connectivity index (χ2v) is 8.59. The van der Waals surface area contributed by atoms with Crippen LogP contribution in [0.4, 0.5) is 13.2 Å². The van der Waals surface area contributed by atoms with E-state index in [0.29, 0.717) is 22.8 Å². The van der Waals surface area contributed by atoms with Crippen molar-refractivity contribution in [3.05, 3.63) is 65.1 Å². The molecule has 0 atom stereocenters. The number of hydroxylamine groups is 1. The Morgan fingerprint density at radius 2 is 1.93 bits per heavy atom. The number of ether oxygens (including phenoxy) is 1. The van der Waals surface area contributed by atoms with Gasteiger partial charge >= 0.3 is 6.36 Å². The van der Waals surface area contributed by atoms with Crippen molar-refractivity contribution in [1.29, 1.82) is 0 Å². The van der Waals surface area contributed by atoms with Crippen LogP contribution in [0.5, 0.6) is 5.75 Å². The van der Waals surface area contributed by atoms with E-state index in [9.17, 15) is 21.6 Å². The zero-order valence-corrected chi connectivity index (χ0v) is 17.0. The second kappa shape index (κ2) is 9.21. The Morgan fingerprint density at radius 1 is 1.20 bits per heavy atom. The molecule has 1 aliphatic heterocycles. The topological polar surface area (TPSA) is 80.8 Å². The van der Waals surface area contributed by atoms with Crippen LogP contribution in [0, 0.1) is 0 Å². The van der Waals surface area contributed by atoms with E-state index in [-0.39, 0.29) is 24.6 Å². The van der Waals surface area contributed by atoms with E-state index < -0.39 is 22.1 Å². The Labute approximate surface area is 176 Å². The number of sulfonamides is 1. The molecule has 0 radical (unpaired) electrons. The number of rotatable bonds is 7. The highest BCUT2D eigenvalue weighted by atomic mass is 35.5. The van der Waals surface area contributed by atoms with Gasteiger partial charge in [-0.1, -0.05) is 11.6 Å². The van der Waals surface area contributed by atoms with Crippen molar-refractivity contribution in [2.24, 2.45) is 0 Å². The van der Waals surface area contributed by atoms with Gasteiger partial charge in [0.05, 0.1) is 10.6 Å². The predicted molar refractivity (Wildman–Crippen MR) is 102 cm³/mol. The summed E-state index contributed by atoms with van der Waals surface area (Å²) < 4.78 is 67.0. The number of benzene rings is 1. The Hall–Kier alpha value is -2.34. The van der Waals surface area contributed by atoms with Crippen molar-refractivity contribution < 1.29 is 31.2 Å².